The van der Waals surface area contributed by atoms with Gasteiger partial charge in [-0.15, -0.1) is 0 Å². The molecule has 0 atom stereocenters. The van der Waals surface area contributed by atoms with Gasteiger partial charge in [-0.2, -0.15) is 0 Å². The van der Waals surface area contributed by atoms with Crippen molar-refractivity contribution >= 4 is 58.3 Å². The fraction of sp³-hybridized carbons (Fsp3) is 0.0303. The van der Waals surface area contributed by atoms with E-state index in [1.165, 1.54) is 5.56 Å². The quantitative estimate of drug-likeness (QED) is 0.170. The summed E-state index contributed by atoms with van der Waals surface area (Å²) in [4.78, 5) is 33.1. The Morgan fingerprint density at radius 2 is 1.07 bits per heavy atom. The van der Waals surface area contributed by atoms with Crippen LogP contribution >= 0.6 is 0 Å². The Hall–Kier alpha value is -5.24. The minimum absolute atomic E-state index is 0. The molecule has 1 aromatic heterocycles. The summed E-state index contributed by atoms with van der Waals surface area (Å²) in [6.07, 6.45) is 0. The van der Waals surface area contributed by atoms with Crippen molar-refractivity contribution in [3.8, 4) is 0 Å². The molecule has 0 spiro atoms. The molecule has 42 heavy (non-hydrogen) atoms. The summed E-state index contributed by atoms with van der Waals surface area (Å²) in [5.41, 5.74) is 5.81. The normalized spacial score (nSPS) is 17.5. The second-order valence-electron chi connectivity index (χ2n) is 9.70. The predicted octanol–water partition coefficient (Wildman–Crippen LogP) is 6.51. The molecular weight excluding hydrogens is 572 g/mol. The summed E-state index contributed by atoms with van der Waals surface area (Å²) in [5, 5.41) is 6.41. The Kier molecular flexibility index (Phi) is 6.31. The Bertz CT molecular complexity index is 2080. The van der Waals surface area contributed by atoms with Crippen LogP contribution in [-0.4, -0.2) is 35.9 Å². The SMILES string of the molecule is C=NC1=N/C(=N\c2[n-]c(/N=C3\N=C(N=C4[N-]Cc5ccccc54)c4ccccc43)c3ccccc23)c2ccccc21.[Cu+2]. The molecule has 3 aliphatic rings. The molecule has 0 bridgehead atoms. The molecule has 4 aromatic carbocycles. The fourth-order valence-electron chi connectivity index (χ4n) is 5.35. The Labute approximate surface area is 252 Å². The summed E-state index contributed by atoms with van der Waals surface area (Å²) in [7, 11) is 0. The van der Waals surface area contributed by atoms with Crippen molar-refractivity contribution in [3.63, 3.8) is 0 Å². The molecule has 203 valence electrons. The molecular formula is C33H20CuN8. The Balaban J connectivity index is 0.00000288. The number of rotatable bonds is 2. The Morgan fingerprint density at radius 3 is 1.69 bits per heavy atom. The molecule has 0 saturated carbocycles. The monoisotopic (exact) mass is 591 g/mol. The number of fused-ring (bicyclic) bond motifs is 4. The number of aromatic nitrogens is 1. The molecule has 8 nitrogen and oxygen atoms in total. The number of nitrogens with zero attached hydrogens (tertiary/aromatic N) is 8. The van der Waals surface area contributed by atoms with E-state index in [4.69, 9.17) is 25.0 Å². The summed E-state index contributed by atoms with van der Waals surface area (Å²) in [6, 6.07) is 31.9. The van der Waals surface area contributed by atoms with Gasteiger partial charge in [-0.3, -0.25) is 0 Å². The number of hydrogen-bond donors (Lipinski definition) is 0. The molecule has 0 amide bonds. The van der Waals surface area contributed by atoms with Crippen LogP contribution in [0, 0.1) is 0 Å². The van der Waals surface area contributed by atoms with Crippen LogP contribution in [-0.2, 0) is 23.6 Å². The first-order valence-corrected chi connectivity index (χ1v) is 13.2. The van der Waals surface area contributed by atoms with Crippen LogP contribution in [0.25, 0.3) is 16.1 Å². The van der Waals surface area contributed by atoms with Crippen molar-refractivity contribution in [2.45, 2.75) is 6.54 Å². The second-order valence-corrected chi connectivity index (χ2v) is 9.70. The van der Waals surface area contributed by atoms with E-state index in [1.807, 2.05) is 91.0 Å². The second kappa shape index (κ2) is 10.3. The molecule has 5 aromatic rings. The molecule has 8 rings (SSSR count). The van der Waals surface area contributed by atoms with Gasteiger partial charge in [0.15, 0.2) is 5.84 Å². The van der Waals surface area contributed by atoms with E-state index in [9.17, 15) is 0 Å². The van der Waals surface area contributed by atoms with Crippen LogP contribution in [0.4, 0.5) is 11.6 Å². The third-order valence-corrected chi connectivity index (χ3v) is 7.30. The van der Waals surface area contributed by atoms with Gasteiger partial charge in [-0.05, 0) is 35.2 Å². The summed E-state index contributed by atoms with van der Waals surface area (Å²) < 4.78 is 0. The smallest absolute Gasteiger partial charge is 0.460 e. The van der Waals surface area contributed by atoms with E-state index in [0.717, 1.165) is 38.6 Å². The molecule has 0 saturated heterocycles. The molecule has 9 heteroatoms. The maximum Gasteiger partial charge on any atom is 2.00 e. The number of aliphatic imine (C=N–C) groups is 6. The average Bonchev–Trinajstić information content (AvgIpc) is 3.78. The van der Waals surface area contributed by atoms with Gasteiger partial charge in [0.05, 0.1) is 17.5 Å². The zero-order valence-corrected chi connectivity index (χ0v) is 23.0. The third-order valence-electron chi connectivity index (χ3n) is 7.30. The molecule has 0 aliphatic carbocycles. The minimum atomic E-state index is 0. The first-order valence-electron chi connectivity index (χ1n) is 13.2. The van der Waals surface area contributed by atoms with Crippen molar-refractivity contribution in [1.29, 1.82) is 0 Å². The van der Waals surface area contributed by atoms with Gasteiger partial charge in [-0.1, -0.05) is 103 Å². The van der Waals surface area contributed by atoms with Crippen molar-refractivity contribution in [2.75, 3.05) is 0 Å². The third kappa shape index (κ3) is 4.15. The van der Waals surface area contributed by atoms with Crippen LogP contribution in [0.15, 0.2) is 127 Å². The van der Waals surface area contributed by atoms with E-state index in [2.05, 4.69) is 28.1 Å². The van der Waals surface area contributed by atoms with Gasteiger partial charge in [-0.25, -0.2) is 15.0 Å². The van der Waals surface area contributed by atoms with Gasteiger partial charge in [0.1, 0.15) is 0 Å². The van der Waals surface area contributed by atoms with Gasteiger partial charge in [0, 0.05) is 33.9 Å². The van der Waals surface area contributed by atoms with Crippen LogP contribution in [0.2, 0.25) is 0 Å². The summed E-state index contributed by atoms with van der Waals surface area (Å²) >= 11 is 0. The minimum Gasteiger partial charge on any atom is -0.460 e. The Morgan fingerprint density at radius 1 is 0.571 bits per heavy atom. The van der Waals surface area contributed by atoms with E-state index >= 15 is 0 Å². The standard InChI is InChI=1S/C33H20N8.Cu/c1-34-27-21-12-4-5-13-22(21)29(36-27)38-31-25-16-8-9-17-26(25)33(40-31)41-32-24-15-7-6-14-23(24)30(39-32)37-28-20-11-3-2-10-19(20)18-35-28;/h2-17H,1,18H2;/q-2;+2/b38-29-;. The van der Waals surface area contributed by atoms with Crippen molar-refractivity contribution < 1.29 is 17.1 Å². The zero-order valence-electron chi connectivity index (χ0n) is 22.0. The van der Waals surface area contributed by atoms with Gasteiger partial charge >= 0.3 is 17.1 Å². The first kappa shape index (κ1) is 25.7. The maximum absolute atomic E-state index is 4.95. The zero-order chi connectivity index (χ0) is 27.3. The van der Waals surface area contributed by atoms with E-state index < -0.39 is 0 Å². The average molecular weight is 592 g/mol. The van der Waals surface area contributed by atoms with Crippen molar-refractivity contribution in [3.05, 3.63) is 136 Å². The van der Waals surface area contributed by atoms with Crippen LogP contribution < -0.4 is 4.98 Å². The molecule has 4 heterocycles. The predicted molar refractivity (Wildman–Crippen MR) is 165 cm³/mol. The van der Waals surface area contributed by atoms with Gasteiger partial charge in [0.25, 0.3) is 0 Å². The van der Waals surface area contributed by atoms with Crippen LogP contribution in [0.5, 0.6) is 0 Å². The van der Waals surface area contributed by atoms with E-state index in [0.29, 0.717) is 47.4 Å². The topological polar surface area (TPSA) is 102 Å². The number of hydrogen-bond acceptors (Lipinski definition) is 4. The molecule has 3 aliphatic heterocycles. The van der Waals surface area contributed by atoms with E-state index in [-0.39, 0.29) is 17.1 Å². The van der Waals surface area contributed by atoms with Crippen molar-refractivity contribution in [1.82, 2.24) is 4.98 Å². The van der Waals surface area contributed by atoms with Crippen LogP contribution in [0.3, 0.4) is 0 Å². The van der Waals surface area contributed by atoms with Crippen molar-refractivity contribution in [2.24, 2.45) is 30.0 Å². The molecule has 0 unspecified atom stereocenters. The van der Waals surface area contributed by atoms with Gasteiger partial charge in [0.2, 0.25) is 0 Å². The molecule has 0 fully saturated rings. The number of amidine groups is 5. The van der Waals surface area contributed by atoms with Gasteiger partial charge < -0.3 is 25.3 Å². The van der Waals surface area contributed by atoms with E-state index in [1.54, 1.807) is 0 Å². The number of benzene rings is 4. The maximum atomic E-state index is 4.95. The van der Waals surface area contributed by atoms with Crippen LogP contribution in [0.1, 0.15) is 33.4 Å². The molecule has 1 radical (unpaired) electrons. The molecule has 0 N–H and O–H groups in total. The first-order chi connectivity index (χ1) is 20.3. The summed E-state index contributed by atoms with van der Waals surface area (Å²) in [5.74, 6) is 4.01. The largest absolute Gasteiger partial charge is 2.00 e. The fourth-order valence-corrected chi connectivity index (χ4v) is 5.35. The summed E-state index contributed by atoms with van der Waals surface area (Å²) in [6.45, 7) is 4.29.